The van der Waals surface area contributed by atoms with E-state index in [-0.39, 0.29) is 0 Å². The molecule has 22 heavy (non-hydrogen) atoms. The Morgan fingerprint density at radius 2 is 2.27 bits per heavy atom. The fraction of sp³-hybridized carbons (Fsp3) is 0.667. The van der Waals surface area contributed by atoms with Crippen molar-refractivity contribution in [3.63, 3.8) is 0 Å². The number of nitrogens with zero attached hydrogens (tertiary/aromatic N) is 1. The van der Waals surface area contributed by atoms with Gasteiger partial charge in [0.1, 0.15) is 0 Å². The lowest BCUT2D eigenvalue weighted by Gasteiger charge is -2.36. The SMILES string of the molecule is CC1CCN(C(CNCC2=CCCOC2)c2cccs2)CC1. The van der Waals surface area contributed by atoms with Crippen molar-refractivity contribution in [2.24, 2.45) is 5.92 Å². The van der Waals surface area contributed by atoms with Crippen molar-refractivity contribution >= 4 is 11.3 Å². The van der Waals surface area contributed by atoms with Crippen molar-refractivity contribution in [2.75, 3.05) is 39.4 Å². The van der Waals surface area contributed by atoms with Gasteiger partial charge in [0, 0.05) is 18.0 Å². The highest BCUT2D eigenvalue weighted by molar-refractivity contribution is 7.10. The van der Waals surface area contributed by atoms with Crippen LogP contribution in [0.15, 0.2) is 29.2 Å². The molecule has 1 fully saturated rings. The number of ether oxygens (including phenoxy) is 1. The van der Waals surface area contributed by atoms with E-state index < -0.39 is 0 Å². The molecular formula is C18H28N2OS. The van der Waals surface area contributed by atoms with Gasteiger partial charge in [-0.1, -0.05) is 19.1 Å². The van der Waals surface area contributed by atoms with E-state index in [4.69, 9.17) is 4.74 Å². The van der Waals surface area contributed by atoms with Crippen LogP contribution in [-0.4, -0.2) is 44.3 Å². The summed E-state index contributed by atoms with van der Waals surface area (Å²) in [6, 6.07) is 4.99. The first kappa shape index (κ1) is 16.2. The van der Waals surface area contributed by atoms with E-state index in [1.54, 1.807) is 0 Å². The maximum absolute atomic E-state index is 5.52. The van der Waals surface area contributed by atoms with Crippen LogP contribution in [0.3, 0.4) is 0 Å². The molecule has 3 nitrogen and oxygen atoms in total. The number of rotatable bonds is 6. The van der Waals surface area contributed by atoms with Gasteiger partial charge in [-0.25, -0.2) is 0 Å². The monoisotopic (exact) mass is 320 g/mol. The average Bonchev–Trinajstić information content (AvgIpc) is 3.08. The molecule has 0 bridgehead atoms. The van der Waals surface area contributed by atoms with E-state index in [9.17, 15) is 0 Å². The highest BCUT2D eigenvalue weighted by Gasteiger charge is 2.25. The minimum Gasteiger partial charge on any atom is -0.377 e. The van der Waals surface area contributed by atoms with Crippen LogP contribution in [0.4, 0.5) is 0 Å². The van der Waals surface area contributed by atoms with Gasteiger partial charge in [0.25, 0.3) is 0 Å². The standard InChI is InChI=1S/C18H28N2OS/c1-15-6-8-20(9-7-15)17(18-5-3-11-22-18)13-19-12-16-4-2-10-21-14-16/h3-5,11,15,17,19H,2,6-10,12-14H2,1H3. The quantitative estimate of drug-likeness (QED) is 0.813. The average molecular weight is 321 g/mol. The molecule has 0 aromatic carbocycles. The van der Waals surface area contributed by atoms with Gasteiger partial charge in [-0.2, -0.15) is 0 Å². The lowest BCUT2D eigenvalue weighted by molar-refractivity contribution is 0.135. The van der Waals surface area contributed by atoms with Gasteiger partial charge in [-0.05, 0) is 55.3 Å². The Kier molecular flexibility index (Phi) is 6.07. The molecule has 1 unspecified atom stereocenters. The normalized spacial score (nSPS) is 22.5. The van der Waals surface area contributed by atoms with E-state index in [1.807, 2.05) is 11.3 Å². The van der Waals surface area contributed by atoms with Crippen LogP contribution in [0.5, 0.6) is 0 Å². The van der Waals surface area contributed by atoms with Gasteiger partial charge in [0.2, 0.25) is 0 Å². The molecule has 0 saturated carbocycles. The molecule has 1 N–H and O–H groups in total. The van der Waals surface area contributed by atoms with Gasteiger partial charge in [0.15, 0.2) is 0 Å². The van der Waals surface area contributed by atoms with Crippen molar-refractivity contribution in [1.29, 1.82) is 0 Å². The maximum atomic E-state index is 5.52. The van der Waals surface area contributed by atoms with Crippen LogP contribution in [-0.2, 0) is 4.74 Å². The van der Waals surface area contributed by atoms with E-state index >= 15 is 0 Å². The second-order valence-corrected chi connectivity index (χ2v) is 7.56. The van der Waals surface area contributed by atoms with Crippen molar-refractivity contribution in [2.45, 2.75) is 32.2 Å². The minimum absolute atomic E-state index is 0.526. The Bertz CT molecular complexity index is 463. The number of hydrogen-bond acceptors (Lipinski definition) is 4. The van der Waals surface area contributed by atoms with Gasteiger partial charge in [-0.3, -0.25) is 4.90 Å². The Labute approximate surface area is 138 Å². The number of nitrogens with one attached hydrogen (secondary N) is 1. The van der Waals surface area contributed by atoms with Crippen molar-refractivity contribution in [3.8, 4) is 0 Å². The van der Waals surface area contributed by atoms with E-state index in [2.05, 4.69) is 40.7 Å². The molecule has 1 saturated heterocycles. The van der Waals surface area contributed by atoms with E-state index in [0.717, 1.165) is 38.6 Å². The van der Waals surface area contributed by atoms with E-state index in [0.29, 0.717) is 6.04 Å². The Balaban J connectivity index is 1.56. The Morgan fingerprint density at radius 3 is 2.95 bits per heavy atom. The van der Waals surface area contributed by atoms with Gasteiger partial charge < -0.3 is 10.1 Å². The molecule has 1 aromatic rings. The smallest absolute Gasteiger partial charge is 0.0689 e. The molecular weight excluding hydrogens is 292 g/mol. The molecule has 0 radical (unpaired) electrons. The first-order chi connectivity index (χ1) is 10.8. The molecule has 3 heterocycles. The number of piperidine rings is 1. The first-order valence-electron chi connectivity index (χ1n) is 8.57. The molecule has 1 atom stereocenters. The fourth-order valence-electron chi connectivity index (χ4n) is 3.33. The van der Waals surface area contributed by atoms with Crippen LogP contribution in [0, 0.1) is 5.92 Å². The summed E-state index contributed by atoms with van der Waals surface area (Å²) in [4.78, 5) is 4.17. The van der Waals surface area contributed by atoms with Crippen molar-refractivity contribution in [3.05, 3.63) is 34.0 Å². The molecule has 2 aliphatic heterocycles. The Hall–Kier alpha value is -0.680. The topological polar surface area (TPSA) is 24.5 Å². The number of likely N-dealkylation sites (tertiary alicyclic amines) is 1. The molecule has 4 heteroatoms. The third-order valence-corrected chi connectivity index (χ3v) is 5.78. The maximum Gasteiger partial charge on any atom is 0.0689 e. The summed E-state index contributed by atoms with van der Waals surface area (Å²) >= 11 is 1.89. The molecule has 0 aliphatic carbocycles. The summed E-state index contributed by atoms with van der Waals surface area (Å²) in [5.41, 5.74) is 1.41. The minimum atomic E-state index is 0.526. The molecule has 3 rings (SSSR count). The first-order valence-corrected chi connectivity index (χ1v) is 9.44. The summed E-state index contributed by atoms with van der Waals surface area (Å²) < 4.78 is 5.52. The van der Waals surface area contributed by atoms with Gasteiger partial charge in [-0.15, -0.1) is 11.3 Å². The predicted octanol–water partition coefficient (Wildman–Crippen LogP) is 3.46. The fourth-order valence-corrected chi connectivity index (χ4v) is 4.19. The summed E-state index contributed by atoms with van der Waals surface area (Å²) in [6.45, 7) is 8.53. The summed E-state index contributed by atoms with van der Waals surface area (Å²) in [5.74, 6) is 0.887. The lowest BCUT2D eigenvalue weighted by Crippen LogP contribution is -2.40. The van der Waals surface area contributed by atoms with Crippen LogP contribution < -0.4 is 5.32 Å². The highest BCUT2D eigenvalue weighted by Crippen LogP contribution is 2.29. The van der Waals surface area contributed by atoms with E-state index in [1.165, 1.54) is 36.4 Å². The molecule has 1 aromatic heterocycles. The van der Waals surface area contributed by atoms with Crippen molar-refractivity contribution in [1.82, 2.24) is 10.2 Å². The summed E-state index contributed by atoms with van der Waals surface area (Å²) in [6.07, 6.45) is 6.07. The molecule has 0 amide bonds. The van der Waals surface area contributed by atoms with Gasteiger partial charge in [0.05, 0.1) is 19.3 Å². The van der Waals surface area contributed by atoms with Crippen LogP contribution in [0.1, 0.15) is 37.1 Å². The number of thiophene rings is 1. The zero-order valence-electron chi connectivity index (χ0n) is 13.6. The second-order valence-electron chi connectivity index (χ2n) is 6.58. The van der Waals surface area contributed by atoms with Crippen LogP contribution in [0.25, 0.3) is 0 Å². The van der Waals surface area contributed by atoms with Crippen LogP contribution in [0.2, 0.25) is 0 Å². The molecule has 122 valence electrons. The molecule has 2 aliphatic rings. The zero-order valence-corrected chi connectivity index (χ0v) is 14.4. The number of hydrogen-bond donors (Lipinski definition) is 1. The largest absolute Gasteiger partial charge is 0.377 e. The third kappa shape index (κ3) is 4.42. The third-order valence-electron chi connectivity index (χ3n) is 4.80. The second kappa shape index (κ2) is 8.25. The zero-order chi connectivity index (χ0) is 15.2. The Morgan fingerprint density at radius 1 is 1.41 bits per heavy atom. The van der Waals surface area contributed by atoms with Crippen LogP contribution >= 0.6 is 11.3 Å². The van der Waals surface area contributed by atoms with Gasteiger partial charge >= 0.3 is 0 Å². The lowest BCUT2D eigenvalue weighted by atomic mass is 9.97. The molecule has 0 spiro atoms. The van der Waals surface area contributed by atoms with Crippen molar-refractivity contribution < 1.29 is 4.74 Å². The summed E-state index contributed by atoms with van der Waals surface area (Å²) in [5, 5.41) is 5.87. The highest BCUT2D eigenvalue weighted by atomic mass is 32.1. The summed E-state index contributed by atoms with van der Waals surface area (Å²) in [7, 11) is 0. The predicted molar refractivity (Wildman–Crippen MR) is 93.4 cm³/mol.